The van der Waals surface area contributed by atoms with Gasteiger partial charge in [0.25, 0.3) is 0 Å². The standard InChI is InChI=1S/C23H14ClF3N6O/c24-17-6-3-14(4-7-17)20-19(15-2-1-9-28-10-15)12-30-33-21(20)31-32(22(33)34)13-18-8-5-16(11-29-18)23(25,26)27/h1-12H,13H2. The molecule has 170 valence electrons. The second kappa shape index (κ2) is 8.38. The van der Waals surface area contributed by atoms with Gasteiger partial charge in [0, 0.05) is 40.3 Å². The van der Waals surface area contributed by atoms with Crippen LogP contribution in [0.2, 0.25) is 5.02 Å². The SMILES string of the molecule is O=c1n(Cc2ccc(C(F)(F)F)cn2)nc2c(-c3ccc(Cl)cc3)c(-c3cccnc3)cnn12. The lowest BCUT2D eigenvalue weighted by Crippen LogP contribution is -2.23. The Kier molecular flexibility index (Phi) is 5.37. The fourth-order valence-corrected chi connectivity index (χ4v) is 3.67. The van der Waals surface area contributed by atoms with Crippen LogP contribution >= 0.6 is 11.6 Å². The van der Waals surface area contributed by atoms with Gasteiger partial charge in [-0.05, 0) is 35.9 Å². The van der Waals surface area contributed by atoms with Gasteiger partial charge in [0.2, 0.25) is 0 Å². The van der Waals surface area contributed by atoms with E-state index in [1.807, 2.05) is 6.07 Å². The molecule has 4 aromatic heterocycles. The van der Waals surface area contributed by atoms with E-state index in [1.54, 1.807) is 48.9 Å². The Labute approximate surface area is 195 Å². The van der Waals surface area contributed by atoms with Gasteiger partial charge >= 0.3 is 11.9 Å². The summed E-state index contributed by atoms with van der Waals surface area (Å²) in [4.78, 5) is 21.0. The Morgan fingerprint density at radius 2 is 1.74 bits per heavy atom. The Bertz CT molecular complexity index is 1530. The molecule has 0 fully saturated rings. The lowest BCUT2D eigenvalue weighted by Gasteiger charge is -2.10. The van der Waals surface area contributed by atoms with Crippen molar-refractivity contribution in [1.29, 1.82) is 0 Å². The maximum Gasteiger partial charge on any atom is 0.417 e. The Morgan fingerprint density at radius 3 is 2.38 bits per heavy atom. The first kappa shape index (κ1) is 21.8. The molecule has 5 aromatic rings. The molecule has 0 aliphatic rings. The largest absolute Gasteiger partial charge is 0.417 e. The zero-order valence-electron chi connectivity index (χ0n) is 17.2. The number of rotatable bonds is 4. The molecule has 0 amide bonds. The molecule has 0 atom stereocenters. The number of fused-ring (bicyclic) bond motifs is 1. The van der Waals surface area contributed by atoms with Crippen LogP contribution in [0.5, 0.6) is 0 Å². The van der Waals surface area contributed by atoms with E-state index in [0.717, 1.165) is 32.6 Å². The van der Waals surface area contributed by atoms with Gasteiger partial charge < -0.3 is 0 Å². The zero-order chi connectivity index (χ0) is 23.9. The summed E-state index contributed by atoms with van der Waals surface area (Å²) in [7, 11) is 0. The molecule has 4 heterocycles. The second-order valence-electron chi connectivity index (χ2n) is 7.39. The van der Waals surface area contributed by atoms with Crippen LogP contribution < -0.4 is 5.69 Å². The molecule has 5 rings (SSSR count). The quantitative estimate of drug-likeness (QED) is 0.370. The van der Waals surface area contributed by atoms with E-state index >= 15 is 0 Å². The van der Waals surface area contributed by atoms with Crippen molar-refractivity contribution >= 4 is 17.2 Å². The summed E-state index contributed by atoms with van der Waals surface area (Å²) < 4.78 is 40.7. The molecule has 0 saturated heterocycles. The highest BCUT2D eigenvalue weighted by atomic mass is 35.5. The molecule has 0 N–H and O–H groups in total. The predicted molar refractivity (Wildman–Crippen MR) is 119 cm³/mol. The fourth-order valence-electron chi connectivity index (χ4n) is 3.54. The molecule has 7 nitrogen and oxygen atoms in total. The normalized spacial score (nSPS) is 11.8. The summed E-state index contributed by atoms with van der Waals surface area (Å²) in [5, 5.41) is 9.27. The van der Waals surface area contributed by atoms with Gasteiger partial charge in [0.15, 0.2) is 5.65 Å². The highest BCUT2D eigenvalue weighted by molar-refractivity contribution is 6.30. The number of halogens is 4. The number of aromatic nitrogens is 6. The third kappa shape index (κ3) is 4.03. The minimum absolute atomic E-state index is 0.122. The van der Waals surface area contributed by atoms with Crippen LogP contribution in [0.15, 0.2) is 78.1 Å². The molecule has 11 heteroatoms. The van der Waals surface area contributed by atoms with Gasteiger partial charge in [-0.25, -0.2) is 9.48 Å². The molecule has 0 unspecified atom stereocenters. The number of pyridine rings is 2. The van der Waals surface area contributed by atoms with Crippen molar-refractivity contribution in [3.05, 3.63) is 100 Å². The number of alkyl halides is 3. The highest BCUT2D eigenvalue weighted by Gasteiger charge is 2.30. The molecule has 0 spiro atoms. The number of hydrogen-bond acceptors (Lipinski definition) is 5. The molecular formula is C23H14ClF3N6O. The van der Waals surface area contributed by atoms with Crippen LogP contribution in [0.3, 0.4) is 0 Å². The predicted octanol–water partition coefficient (Wildman–Crippen LogP) is 4.74. The summed E-state index contributed by atoms with van der Waals surface area (Å²) in [6.45, 7) is -0.122. The van der Waals surface area contributed by atoms with Gasteiger partial charge in [0.05, 0.1) is 24.0 Å². The van der Waals surface area contributed by atoms with Gasteiger partial charge in [-0.15, -0.1) is 5.10 Å². The smallest absolute Gasteiger partial charge is 0.264 e. The maximum atomic E-state index is 13.0. The van der Waals surface area contributed by atoms with E-state index in [9.17, 15) is 18.0 Å². The van der Waals surface area contributed by atoms with E-state index in [0.29, 0.717) is 16.1 Å². The van der Waals surface area contributed by atoms with Crippen LogP contribution in [-0.2, 0) is 12.7 Å². The topological polar surface area (TPSA) is 78.0 Å². The molecule has 0 aliphatic heterocycles. The van der Waals surface area contributed by atoms with Crippen molar-refractivity contribution in [3.63, 3.8) is 0 Å². The number of benzene rings is 1. The zero-order valence-corrected chi connectivity index (χ0v) is 18.0. The lowest BCUT2D eigenvalue weighted by molar-refractivity contribution is -0.137. The average Bonchev–Trinajstić information content (AvgIpc) is 3.14. The first-order valence-corrected chi connectivity index (χ1v) is 10.4. The van der Waals surface area contributed by atoms with Gasteiger partial charge in [-0.2, -0.15) is 22.8 Å². The van der Waals surface area contributed by atoms with Crippen LogP contribution in [0.25, 0.3) is 27.9 Å². The summed E-state index contributed by atoms with van der Waals surface area (Å²) in [5.74, 6) is 0. The van der Waals surface area contributed by atoms with Gasteiger partial charge in [0.1, 0.15) is 0 Å². The van der Waals surface area contributed by atoms with Crippen LogP contribution in [0.4, 0.5) is 13.2 Å². The van der Waals surface area contributed by atoms with Crippen LogP contribution in [-0.4, -0.2) is 29.4 Å². The summed E-state index contributed by atoms with van der Waals surface area (Å²) in [6, 6.07) is 12.8. The minimum atomic E-state index is -4.49. The van der Waals surface area contributed by atoms with E-state index < -0.39 is 17.4 Å². The van der Waals surface area contributed by atoms with Crippen LogP contribution in [0, 0.1) is 0 Å². The number of nitrogens with zero attached hydrogens (tertiary/aromatic N) is 6. The van der Waals surface area contributed by atoms with E-state index in [4.69, 9.17) is 11.6 Å². The Hall–Kier alpha value is -4.05. The molecule has 0 bridgehead atoms. The van der Waals surface area contributed by atoms with Crippen molar-refractivity contribution in [2.45, 2.75) is 12.7 Å². The molecule has 34 heavy (non-hydrogen) atoms. The first-order chi connectivity index (χ1) is 16.3. The van der Waals surface area contributed by atoms with E-state index in [1.165, 1.54) is 6.07 Å². The summed E-state index contributed by atoms with van der Waals surface area (Å²) >= 11 is 6.06. The lowest BCUT2D eigenvalue weighted by atomic mass is 9.98. The monoisotopic (exact) mass is 482 g/mol. The van der Waals surface area contributed by atoms with E-state index in [2.05, 4.69) is 20.2 Å². The van der Waals surface area contributed by atoms with Crippen molar-refractivity contribution < 1.29 is 13.2 Å². The van der Waals surface area contributed by atoms with Gasteiger partial charge in [-0.1, -0.05) is 29.8 Å². The molecule has 0 radical (unpaired) electrons. The van der Waals surface area contributed by atoms with Gasteiger partial charge in [-0.3, -0.25) is 9.97 Å². The average molecular weight is 483 g/mol. The second-order valence-corrected chi connectivity index (χ2v) is 7.83. The molecule has 1 aromatic carbocycles. The minimum Gasteiger partial charge on any atom is -0.264 e. The van der Waals surface area contributed by atoms with Crippen molar-refractivity contribution in [3.8, 4) is 22.3 Å². The van der Waals surface area contributed by atoms with Crippen LogP contribution in [0.1, 0.15) is 11.3 Å². The first-order valence-electron chi connectivity index (χ1n) is 9.98. The third-order valence-corrected chi connectivity index (χ3v) is 5.43. The summed E-state index contributed by atoms with van der Waals surface area (Å²) in [5.41, 5.74) is 1.97. The summed E-state index contributed by atoms with van der Waals surface area (Å²) in [6.07, 6.45) is 1.11. The van der Waals surface area contributed by atoms with Crippen molar-refractivity contribution in [2.24, 2.45) is 0 Å². The third-order valence-electron chi connectivity index (χ3n) is 5.18. The molecular weight excluding hydrogens is 469 g/mol. The Morgan fingerprint density at radius 1 is 0.941 bits per heavy atom. The maximum absolute atomic E-state index is 13.0. The van der Waals surface area contributed by atoms with Crippen molar-refractivity contribution in [1.82, 2.24) is 29.4 Å². The fraction of sp³-hybridized carbons (Fsp3) is 0.0870. The number of hydrogen-bond donors (Lipinski definition) is 0. The highest BCUT2D eigenvalue weighted by Crippen LogP contribution is 2.34. The van der Waals surface area contributed by atoms with Crippen molar-refractivity contribution in [2.75, 3.05) is 0 Å². The molecule has 0 saturated carbocycles. The van der Waals surface area contributed by atoms with E-state index in [-0.39, 0.29) is 17.9 Å². The Balaban J connectivity index is 1.65. The molecule has 0 aliphatic carbocycles.